The first kappa shape index (κ1) is 23.8. The van der Waals surface area contributed by atoms with E-state index in [0.717, 1.165) is 5.56 Å². The van der Waals surface area contributed by atoms with Crippen molar-refractivity contribution in [3.05, 3.63) is 71.8 Å². The minimum atomic E-state index is -4.58. The van der Waals surface area contributed by atoms with E-state index in [2.05, 4.69) is 10.8 Å². The molecule has 0 aromatic heterocycles. The molecule has 0 fully saturated rings. The molecule has 2 atom stereocenters. The summed E-state index contributed by atoms with van der Waals surface area (Å²) in [6.07, 6.45) is -0.415. The van der Waals surface area contributed by atoms with Gasteiger partial charge < -0.3 is 15.1 Å². The van der Waals surface area contributed by atoms with Gasteiger partial charge in [0.2, 0.25) is 0 Å². The van der Waals surface area contributed by atoms with Gasteiger partial charge in [-0.25, -0.2) is 10.3 Å². The van der Waals surface area contributed by atoms with Crippen molar-refractivity contribution in [3.8, 4) is 0 Å². The molecule has 162 valence electrons. The van der Waals surface area contributed by atoms with Crippen LogP contribution >= 0.6 is 7.60 Å². The Hall–Kier alpha value is -2.51. The molecule has 0 aliphatic heterocycles. The number of urea groups is 1. The predicted molar refractivity (Wildman–Crippen MR) is 113 cm³/mol. The normalized spacial score (nSPS) is 14.4. The van der Waals surface area contributed by atoms with E-state index < -0.39 is 37.0 Å². The van der Waals surface area contributed by atoms with Crippen LogP contribution in [-0.4, -0.2) is 33.8 Å². The fourth-order valence-electron chi connectivity index (χ4n) is 3.09. The van der Waals surface area contributed by atoms with Crippen LogP contribution in [0.2, 0.25) is 0 Å². The van der Waals surface area contributed by atoms with Crippen LogP contribution in [0, 0.1) is 0 Å². The summed E-state index contributed by atoms with van der Waals surface area (Å²) in [5.74, 6) is -0.488. The molecule has 0 aliphatic rings. The van der Waals surface area contributed by atoms with Crippen molar-refractivity contribution in [2.45, 2.75) is 38.3 Å². The summed E-state index contributed by atoms with van der Waals surface area (Å²) >= 11 is 0. The lowest BCUT2D eigenvalue weighted by Crippen LogP contribution is -2.53. The van der Waals surface area contributed by atoms with Crippen molar-refractivity contribution in [3.63, 3.8) is 0 Å². The number of carbonyl (C=O) groups is 2. The fraction of sp³-hybridized carbons (Fsp3) is 0.333. The lowest BCUT2D eigenvalue weighted by molar-refractivity contribution is -0.125. The first-order valence-electron chi connectivity index (χ1n) is 9.52. The average Bonchev–Trinajstić information content (AvgIpc) is 2.72. The van der Waals surface area contributed by atoms with Gasteiger partial charge in [0, 0.05) is 0 Å². The highest BCUT2D eigenvalue weighted by Crippen LogP contribution is 2.38. The van der Waals surface area contributed by atoms with Gasteiger partial charge >= 0.3 is 13.6 Å². The number of hydrogen-bond donors (Lipinski definition) is 4. The molecule has 0 saturated carbocycles. The van der Waals surface area contributed by atoms with Crippen LogP contribution in [0.15, 0.2) is 60.7 Å². The molecule has 2 aromatic rings. The second-order valence-electron chi connectivity index (χ2n) is 7.17. The Bertz CT molecular complexity index is 887. The highest BCUT2D eigenvalue weighted by molar-refractivity contribution is 7.51. The van der Waals surface area contributed by atoms with Crippen molar-refractivity contribution in [1.29, 1.82) is 0 Å². The molecule has 2 rings (SSSR count). The van der Waals surface area contributed by atoms with Crippen LogP contribution in [-0.2, 0) is 26.2 Å². The van der Waals surface area contributed by atoms with E-state index in [1.54, 1.807) is 31.2 Å². The Morgan fingerprint density at radius 3 is 2.17 bits per heavy atom. The number of amides is 2. The zero-order chi connectivity index (χ0) is 22.2. The number of nitrogens with one attached hydrogen (secondary N) is 2. The molecule has 0 spiro atoms. The lowest BCUT2D eigenvalue weighted by atomic mass is 9.74. The van der Waals surface area contributed by atoms with E-state index in [0.29, 0.717) is 12.0 Å². The number of rotatable bonds is 10. The first-order chi connectivity index (χ1) is 14.2. The van der Waals surface area contributed by atoms with Gasteiger partial charge in [0.05, 0.1) is 18.2 Å². The van der Waals surface area contributed by atoms with E-state index in [-0.39, 0.29) is 6.61 Å². The maximum absolute atomic E-state index is 13.3. The third kappa shape index (κ3) is 6.78. The van der Waals surface area contributed by atoms with E-state index in [1.165, 1.54) is 0 Å². The second kappa shape index (κ2) is 10.5. The minimum Gasteiger partial charge on any atom is -0.326 e. The molecule has 0 bridgehead atoms. The van der Waals surface area contributed by atoms with Crippen molar-refractivity contribution < 1.29 is 28.8 Å². The van der Waals surface area contributed by atoms with Gasteiger partial charge in [0.25, 0.3) is 0 Å². The Morgan fingerprint density at radius 2 is 1.63 bits per heavy atom. The molecule has 2 amide bonds. The third-order valence-electron chi connectivity index (χ3n) is 4.95. The number of benzene rings is 2. The van der Waals surface area contributed by atoms with E-state index in [9.17, 15) is 23.9 Å². The third-order valence-corrected chi connectivity index (χ3v) is 5.79. The maximum Gasteiger partial charge on any atom is 0.339 e. The molecular formula is C21H27N2O6P. The van der Waals surface area contributed by atoms with Gasteiger partial charge in [-0.05, 0) is 24.5 Å². The summed E-state index contributed by atoms with van der Waals surface area (Å²) in [7, 11) is -4.58. The molecule has 0 radical (unpaired) electrons. The zero-order valence-corrected chi connectivity index (χ0v) is 17.8. The van der Waals surface area contributed by atoms with Gasteiger partial charge in [-0.2, -0.15) is 0 Å². The van der Waals surface area contributed by atoms with Gasteiger partial charge in [0.1, 0.15) is 6.04 Å². The largest absolute Gasteiger partial charge is 0.339 e. The van der Waals surface area contributed by atoms with Crippen LogP contribution in [0.5, 0.6) is 0 Å². The van der Waals surface area contributed by atoms with Crippen LogP contribution in [0.4, 0.5) is 4.79 Å². The number of ketones is 1. The Labute approximate surface area is 175 Å². The number of hydrogen-bond acceptors (Lipinski definition) is 4. The number of hydroxylamine groups is 1. The smallest absolute Gasteiger partial charge is 0.326 e. The summed E-state index contributed by atoms with van der Waals surface area (Å²) in [5.41, 5.74) is 2.65. The molecule has 30 heavy (non-hydrogen) atoms. The van der Waals surface area contributed by atoms with Gasteiger partial charge in [-0.15, -0.1) is 0 Å². The van der Waals surface area contributed by atoms with Crippen molar-refractivity contribution in [2.75, 3.05) is 6.16 Å². The van der Waals surface area contributed by atoms with Crippen LogP contribution in [0.25, 0.3) is 0 Å². The van der Waals surface area contributed by atoms with E-state index >= 15 is 0 Å². The fourth-order valence-corrected chi connectivity index (χ4v) is 3.82. The summed E-state index contributed by atoms with van der Waals surface area (Å²) in [4.78, 5) is 49.5. The Morgan fingerprint density at radius 1 is 1.07 bits per heavy atom. The molecule has 9 heteroatoms. The highest BCUT2D eigenvalue weighted by Gasteiger charge is 2.41. The van der Waals surface area contributed by atoms with Crippen molar-refractivity contribution in [2.24, 2.45) is 0 Å². The quantitative estimate of drug-likeness (QED) is 0.337. The standard InChI is InChI=1S/C21H27N2O6P/c1-3-21(2,17-12-8-5-9-13-17)19(24)18(15-30(26,27)28)22-20(25)23-29-14-16-10-6-4-7-11-16/h4-13,18H,3,14-15H2,1-2H3,(H2,22,23,25)(H2,26,27,28)/t18?,21-/m0/s1. The summed E-state index contributed by atoms with van der Waals surface area (Å²) in [5, 5.41) is 2.35. The molecule has 0 saturated heterocycles. The van der Waals surface area contributed by atoms with Crippen LogP contribution in [0.3, 0.4) is 0 Å². The lowest BCUT2D eigenvalue weighted by Gasteiger charge is -2.32. The van der Waals surface area contributed by atoms with Gasteiger partial charge in [0.15, 0.2) is 5.78 Å². The van der Waals surface area contributed by atoms with Crippen molar-refractivity contribution in [1.82, 2.24) is 10.8 Å². The number of carbonyl (C=O) groups excluding carboxylic acids is 2. The molecule has 8 nitrogen and oxygen atoms in total. The summed E-state index contributed by atoms with van der Waals surface area (Å²) in [6.45, 7) is 3.60. The molecular weight excluding hydrogens is 407 g/mol. The van der Waals surface area contributed by atoms with E-state index in [1.807, 2.05) is 43.3 Å². The van der Waals surface area contributed by atoms with Crippen LogP contribution < -0.4 is 10.8 Å². The first-order valence-corrected chi connectivity index (χ1v) is 11.3. The SMILES string of the molecule is CC[C@](C)(C(=O)C(CP(=O)(O)O)NC(=O)NOCc1ccccc1)c1ccccc1. The molecule has 0 aliphatic carbocycles. The zero-order valence-electron chi connectivity index (χ0n) is 16.9. The Kier molecular flexibility index (Phi) is 8.32. The second-order valence-corrected chi connectivity index (χ2v) is 8.86. The minimum absolute atomic E-state index is 0.0993. The van der Waals surface area contributed by atoms with Crippen LogP contribution in [0.1, 0.15) is 31.4 Å². The monoisotopic (exact) mass is 434 g/mol. The van der Waals surface area contributed by atoms with E-state index in [4.69, 9.17) is 4.84 Å². The molecule has 4 N–H and O–H groups in total. The predicted octanol–water partition coefficient (Wildman–Crippen LogP) is 2.90. The summed E-state index contributed by atoms with van der Waals surface area (Å²) < 4.78 is 11.6. The average molecular weight is 434 g/mol. The Balaban J connectivity index is 2.11. The molecule has 2 aromatic carbocycles. The summed E-state index contributed by atoms with van der Waals surface area (Å²) in [6, 6.07) is 15.8. The molecule has 0 heterocycles. The van der Waals surface area contributed by atoms with Gasteiger partial charge in [-0.3, -0.25) is 14.2 Å². The van der Waals surface area contributed by atoms with Gasteiger partial charge in [-0.1, -0.05) is 67.6 Å². The number of Topliss-reactive ketones (excluding diaryl/α,β-unsaturated/α-hetero) is 1. The molecule has 1 unspecified atom stereocenters. The van der Waals surface area contributed by atoms with Crippen molar-refractivity contribution >= 4 is 19.4 Å². The maximum atomic E-state index is 13.3. The topological polar surface area (TPSA) is 125 Å². The highest BCUT2D eigenvalue weighted by atomic mass is 31.2.